The topological polar surface area (TPSA) is 72.5 Å². The average molecular weight is 283 g/mol. The summed E-state index contributed by atoms with van der Waals surface area (Å²) in [5, 5.41) is 0. The maximum absolute atomic E-state index is 12.0. The molecule has 1 N–H and O–H groups in total. The van der Waals surface area contributed by atoms with Crippen LogP contribution in [-0.4, -0.2) is 21.0 Å². The smallest absolute Gasteiger partial charge is 0.332 e. The molecule has 0 radical (unpaired) electrons. The summed E-state index contributed by atoms with van der Waals surface area (Å²) in [6.07, 6.45) is 1.11. The molecule has 6 heteroatoms. The van der Waals surface area contributed by atoms with Crippen LogP contribution in [0, 0.1) is 6.92 Å². The van der Waals surface area contributed by atoms with Gasteiger partial charge in [-0.2, -0.15) is 0 Å². The number of ether oxygens (including phenoxy) is 1. The van der Waals surface area contributed by atoms with Crippen LogP contribution in [0.1, 0.15) is 19.4 Å². The molecule has 5 nitrogen and oxygen atoms in total. The van der Waals surface area contributed by atoms with Gasteiger partial charge < -0.3 is 4.74 Å². The molecule has 0 atom stereocenters. The first kappa shape index (κ1) is 15.2. The highest BCUT2D eigenvalue weighted by molar-refractivity contribution is 7.89. The summed E-state index contributed by atoms with van der Waals surface area (Å²) in [6, 6.07) is 6.43. The normalized spacial score (nSPS) is 12.1. The van der Waals surface area contributed by atoms with Gasteiger partial charge in [-0.1, -0.05) is 17.7 Å². The number of hydrogen-bond donors (Lipinski definition) is 1. The van der Waals surface area contributed by atoms with E-state index < -0.39 is 16.0 Å². The molecule has 104 valence electrons. The fraction of sp³-hybridized carbons (Fsp3) is 0.308. The first-order valence-electron chi connectivity index (χ1n) is 5.79. The maximum Gasteiger partial charge on any atom is 0.332 e. The predicted molar refractivity (Wildman–Crippen MR) is 71.9 cm³/mol. The van der Waals surface area contributed by atoms with E-state index in [0.717, 1.165) is 11.6 Å². The molecule has 0 aromatic heterocycles. The van der Waals surface area contributed by atoms with Crippen molar-refractivity contribution in [2.75, 3.05) is 6.61 Å². The largest absolute Gasteiger partial charge is 0.463 e. The number of allylic oxidation sites excluding steroid dienone is 1. The molecule has 0 amide bonds. The molecule has 0 saturated heterocycles. The van der Waals surface area contributed by atoms with Gasteiger partial charge in [0.25, 0.3) is 10.0 Å². The summed E-state index contributed by atoms with van der Waals surface area (Å²) in [5.41, 5.74) is 1.18. The highest BCUT2D eigenvalue weighted by Crippen LogP contribution is 2.11. The van der Waals surface area contributed by atoms with E-state index in [1.807, 2.05) is 6.92 Å². The molecule has 0 bridgehead atoms. The number of benzene rings is 1. The highest BCUT2D eigenvalue weighted by atomic mass is 32.2. The number of rotatable bonds is 5. The van der Waals surface area contributed by atoms with Gasteiger partial charge in [0.1, 0.15) is 0 Å². The van der Waals surface area contributed by atoms with Gasteiger partial charge in [-0.05, 0) is 32.9 Å². The third kappa shape index (κ3) is 4.75. The number of carbonyl (C=O) groups is 1. The second kappa shape index (κ2) is 6.38. The third-order valence-electron chi connectivity index (χ3n) is 2.25. The molecular formula is C13H17NO4S. The quantitative estimate of drug-likeness (QED) is 0.660. The first-order valence-corrected chi connectivity index (χ1v) is 7.28. The zero-order chi connectivity index (χ0) is 14.5. The van der Waals surface area contributed by atoms with E-state index in [9.17, 15) is 13.2 Å². The van der Waals surface area contributed by atoms with Gasteiger partial charge in [0.05, 0.1) is 11.5 Å². The number of carbonyl (C=O) groups excluding carboxylic acids is 1. The summed E-state index contributed by atoms with van der Waals surface area (Å²) >= 11 is 0. The van der Waals surface area contributed by atoms with E-state index in [1.165, 1.54) is 19.1 Å². The molecular weight excluding hydrogens is 266 g/mol. The molecule has 0 fully saturated rings. The van der Waals surface area contributed by atoms with Crippen molar-refractivity contribution >= 4 is 16.0 Å². The van der Waals surface area contributed by atoms with Crippen molar-refractivity contribution in [2.45, 2.75) is 25.7 Å². The lowest BCUT2D eigenvalue weighted by Crippen LogP contribution is -2.22. The van der Waals surface area contributed by atoms with Crippen LogP contribution in [0.25, 0.3) is 0 Å². The lowest BCUT2D eigenvalue weighted by Gasteiger charge is -2.08. The van der Waals surface area contributed by atoms with Gasteiger partial charge >= 0.3 is 5.97 Å². The van der Waals surface area contributed by atoms with Crippen LogP contribution in [0.5, 0.6) is 0 Å². The van der Waals surface area contributed by atoms with E-state index >= 15 is 0 Å². The van der Waals surface area contributed by atoms with Crippen molar-refractivity contribution in [3.63, 3.8) is 0 Å². The fourth-order valence-electron chi connectivity index (χ4n) is 1.38. The second-order valence-corrected chi connectivity index (χ2v) is 5.68. The van der Waals surface area contributed by atoms with Crippen molar-refractivity contribution in [3.8, 4) is 0 Å². The van der Waals surface area contributed by atoms with E-state index in [4.69, 9.17) is 4.74 Å². The summed E-state index contributed by atoms with van der Waals surface area (Å²) in [6.45, 7) is 5.28. The van der Waals surface area contributed by atoms with Gasteiger partial charge in [-0.15, -0.1) is 0 Å². The SMILES string of the molecule is CCOC(=O)C=C(C)NS(=O)(=O)c1ccc(C)cc1. The number of nitrogens with one attached hydrogen (secondary N) is 1. The molecule has 1 aromatic rings. The molecule has 0 aliphatic carbocycles. The molecule has 0 aliphatic heterocycles. The number of aryl methyl sites for hydroxylation is 1. The first-order chi connectivity index (χ1) is 8.85. The standard InChI is InChI=1S/C13H17NO4S/c1-4-18-13(15)9-11(3)14-19(16,17)12-7-5-10(2)6-8-12/h5-9,14H,4H2,1-3H3. The number of sulfonamides is 1. The van der Waals surface area contributed by atoms with Crippen LogP contribution in [0.2, 0.25) is 0 Å². The minimum absolute atomic E-state index is 0.148. The monoisotopic (exact) mass is 283 g/mol. The maximum atomic E-state index is 12.0. The zero-order valence-corrected chi connectivity index (χ0v) is 12.0. The van der Waals surface area contributed by atoms with Gasteiger partial charge in [0, 0.05) is 11.8 Å². The molecule has 0 saturated carbocycles. The lowest BCUT2D eigenvalue weighted by atomic mass is 10.2. The Morgan fingerprint density at radius 2 is 1.89 bits per heavy atom. The van der Waals surface area contributed by atoms with Crippen molar-refractivity contribution < 1.29 is 17.9 Å². The Balaban J connectivity index is 2.85. The lowest BCUT2D eigenvalue weighted by molar-refractivity contribution is -0.137. The van der Waals surface area contributed by atoms with Gasteiger partial charge in [0.2, 0.25) is 0 Å². The Morgan fingerprint density at radius 1 is 1.32 bits per heavy atom. The van der Waals surface area contributed by atoms with Crippen LogP contribution in [0.15, 0.2) is 40.9 Å². The van der Waals surface area contributed by atoms with Crippen LogP contribution >= 0.6 is 0 Å². The zero-order valence-electron chi connectivity index (χ0n) is 11.1. The summed E-state index contributed by atoms with van der Waals surface area (Å²) in [7, 11) is -3.66. The predicted octanol–water partition coefficient (Wildman–Crippen LogP) is 1.74. The molecule has 0 heterocycles. The van der Waals surface area contributed by atoms with Crippen LogP contribution in [-0.2, 0) is 19.6 Å². The summed E-state index contributed by atoms with van der Waals surface area (Å²) in [5.74, 6) is -0.577. The van der Waals surface area contributed by atoms with E-state index in [2.05, 4.69) is 4.72 Å². The van der Waals surface area contributed by atoms with Crippen LogP contribution in [0.4, 0.5) is 0 Å². The fourth-order valence-corrected chi connectivity index (χ4v) is 2.47. The molecule has 0 spiro atoms. The molecule has 0 aliphatic rings. The Bertz CT molecular complexity index is 573. The van der Waals surface area contributed by atoms with Crippen LogP contribution in [0.3, 0.4) is 0 Å². The molecule has 0 unspecified atom stereocenters. The number of hydrogen-bond acceptors (Lipinski definition) is 4. The summed E-state index contributed by atoms with van der Waals surface area (Å²) in [4.78, 5) is 11.3. The van der Waals surface area contributed by atoms with Crippen molar-refractivity contribution in [1.82, 2.24) is 4.72 Å². The second-order valence-electron chi connectivity index (χ2n) is 4.00. The van der Waals surface area contributed by atoms with Crippen molar-refractivity contribution in [1.29, 1.82) is 0 Å². The Hall–Kier alpha value is -1.82. The van der Waals surface area contributed by atoms with Gasteiger partial charge in [-0.3, -0.25) is 4.72 Å². The number of esters is 1. The minimum atomic E-state index is -3.66. The van der Waals surface area contributed by atoms with E-state index in [-0.39, 0.29) is 17.2 Å². The van der Waals surface area contributed by atoms with Crippen LogP contribution < -0.4 is 4.72 Å². The Labute approximate surface area is 113 Å². The third-order valence-corrected chi connectivity index (χ3v) is 3.73. The van der Waals surface area contributed by atoms with Gasteiger partial charge in [0.15, 0.2) is 0 Å². The summed E-state index contributed by atoms with van der Waals surface area (Å²) < 4.78 is 31.0. The minimum Gasteiger partial charge on any atom is -0.463 e. The Kier molecular flexibility index (Phi) is 5.11. The average Bonchev–Trinajstić information content (AvgIpc) is 2.28. The Morgan fingerprint density at radius 3 is 2.42 bits per heavy atom. The molecule has 1 rings (SSSR count). The highest BCUT2D eigenvalue weighted by Gasteiger charge is 2.14. The van der Waals surface area contributed by atoms with Gasteiger partial charge in [-0.25, -0.2) is 13.2 Å². The van der Waals surface area contributed by atoms with E-state index in [0.29, 0.717) is 0 Å². The van der Waals surface area contributed by atoms with Crippen molar-refractivity contribution in [3.05, 3.63) is 41.6 Å². The van der Waals surface area contributed by atoms with E-state index in [1.54, 1.807) is 19.1 Å². The molecule has 1 aromatic carbocycles. The molecule has 19 heavy (non-hydrogen) atoms. The van der Waals surface area contributed by atoms with Crippen molar-refractivity contribution in [2.24, 2.45) is 0 Å².